The molecular formula is C15H18ClFN2O. The number of rotatable bonds is 2. The summed E-state index contributed by atoms with van der Waals surface area (Å²) >= 11 is 6.07. The molecule has 3 atom stereocenters. The van der Waals surface area contributed by atoms with Gasteiger partial charge >= 0.3 is 0 Å². The summed E-state index contributed by atoms with van der Waals surface area (Å²) in [5.74, 6) is -0.322. The van der Waals surface area contributed by atoms with Gasteiger partial charge in [0.25, 0.3) is 0 Å². The summed E-state index contributed by atoms with van der Waals surface area (Å²) in [7, 11) is 0. The van der Waals surface area contributed by atoms with Crippen molar-refractivity contribution >= 4 is 17.5 Å². The van der Waals surface area contributed by atoms with E-state index >= 15 is 0 Å². The van der Waals surface area contributed by atoms with E-state index in [9.17, 15) is 9.18 Å². The van der Waals surface area contributed by atoms with Crippen LogP contribution in [0.1, 0.15) is 24.8 Å². The quantitative estimate of drug-likeness (QED) is 0.909. The summed E-state index contributed by atoms with van der Waals surface area (Å²) in [6.07, 6.45) is 0.704. The molecule has 0 radical (unpaired) electrons. The van der Waals surface area contributed by atoms with Gasteiger partial charge in [0.15, 0.2) is 0 Å². The zero-order valence-corrected chi connectivity index (χ0v) is 12.2. The predicted molar refractivity (Wildman–Crippen MR) is 76.3 cm³/mol. The molecule has 1 aliphatic carbocycles. The number of amides is 1. The molecule has 0 aromatic heterocycles. The number of hydrogen-bond acceptors (Lipinski definition) is 2. The van der Waals surface area contributed by atoms with Gasteiger partial charge in [-0.1, -0.05) is 17.7 Å². The van der Waals surface area contributed by atoms with Crippen molar-refractivity contribution in [2.24, 2.45) is 5.92 Å². The summed E-state index contributed by atoms with van der Waals surface area (Å²) in [6, 6.07) is 4.90. The molecule has 0 unspecified atom stereocenters. The van der Waals surface area contributed by atoms with E-state index in [4.69, 9.17) is 11.6 Å². The van der Waals surface area contributed by atoms with Gasteiger partial charge in [0.2, 0.25) is 5.91 Å². The van der Waals surface area contributed by atoms with E-state index < -0.39 is 0 Å². The molecule has 1 heterocycles. The van der Waals surface area contributed by atoms with E-state index in [2.05, 4.69) is 5.32 Å². The molecule has 5 heteroatoms. The minimum atomic E-state index is -0.300. The molecule has 1 saturated heterocycles. The number of piperazine rings is 1. The Morgan fingerprint density at radius 1 is 1.50 bits per heavy atom. The van der Waals surface area contributed by atoms with E-state index in [0.29, 0.717) is 17.0 Å². The number of carbonyl (C=O) groups excluding carboxylic acids is 1. The third-order valence-electron chi connectivity index (χ3n) is 4.26. The minimum absolute atomic E-state index is 0.0571. The number of halogens is 2. The Bertz CT molecular complexity index is 516. The maximum atomic E-state index is 13.9. The van der Waals surface area contributed by atoms with Crippen LogP contribution in [-0.2, 0) is 4.79 Å². The number of nitrogens with one attached hydrogen (secondary N) is 1. The molecule has 2 fully saturated rings. The molecule has 3 rings (SSSR count). The normalized spacial score (nSPS) is 29.4. The van der Waals surface area contributed by atoms with Crippen molar-refractivity contribution in [1.82, 2.24) is 10.2 Å². The molecule has 1 aliphatic heterocycles. The smallest absolute Gasteiger partial charge is 0.226 e. The molecule has 1 aromatic carbocycles. The van der Waals surface area contributed by atoms with Crippen molar-refractivity contribution in [2.75, 3.05) is 19.6 Å². The van der Waals surface area contributed by atoms with Crippen LogP contribution in [-0.4, -0.2) is 36.5 Å². The van der Waals surface area contributed by atoms with Crippen LogP contribution in [0.3, 0.4) is 0 Å². The first-order valence-corrected chi connectivity index (χ1v) is 7.42. The topological polar surface area (TPSA) is 32.3 Å². The molecule has 1 N–H and O–H groups in total. The van der Waals surface area contributed by atoms with Crippen molar-refractivity contribution in [3.63, 3.8) is 0 Å². The van der Waals surface area contributed by atoms with E-state index in [0.717, 1.165) is 19.6 Å². The largest absolute Gasteiger partial charge is 0.337 e. The first-order valence-electron chi connectivity index (χ1n) is 7.04. The lowest BCUT2D eigenvalue weighted by atomic mass is 10.1. The second-order valence-corrected chi connectivity index (χ2v) is 6.08. The van der Waals surface area contributed by atoms with Crippen LogP contribution in [0.2, 0.25) is 5.02 Å². The fourth-order valence-corrected chi connectivity index (χ4v) is 3.34. The van der Waals surface area contributed by atoms with Gasteiger partial charge in [-0.25, -0.2) is 4.39 Å². The van der Waals surface area contributed by atoms with E-state index in [1.807, 2.05) is 11.8 Å². The lowest BCUT2D eigenvalue weighted by Crippen LogP contribution is -2.52. The summed E-state index contributed by atoms with van der Waals surface area (Å²) in [5.41, 5.74) is 0.510. The second kappa shape index (κ2) is 5.34. The van der Waals surface area contributed by atoms with Crippen LogP contribution in [0.25, 0.3) is 0 Å². The second-order valence-electron chi connectivity index (χ2n) is 5.67. The van der Waals surface area contributed by atoms with Gasteiger partial charge in [0.05, 0.1) is 0 Å². The number of nitrogens with zero attached hydrogens (tertiary/aromatic N) is 1. The van der Waals surface area contributed by atoms with Crippen molar-refractivity contribution in [1.29, 1.82) is 0 Å². The summed E-state index contributed by atoms with van der Waals surface area (Å²) in [5, 5.41) is 3.69. The molecule has 20 heavy (non-hydrogen) atoms. The minimum Gasteiger partial charge on any atom is -0.337 e. The van der Waals surface area contributed by atoms with Crippen LogP contribution < -0.4 is 5.32 Å². The first-order chi connectivity index (χ1) is 9.59. The number of benzene rings is 1. The predicted octanol–water partition coefficient (Wildman–Crippen LogP) is 2.40. The molecule has 1 aromatic rings. The van der Waals surface area contributed by atoms with E-state index in [1.165, 1.54) is 6.07 Å². The molecule has 0 bridgehead atoms. The lowest BCUT2D eigenvalue weighted by Gasteiger charge is -2.34. The molecular weight excluding hydrogens is 279 g/mol. The van der Waals surface area contributed by atoms with Crippen LogP contribution in [0, 0.1) is 11.7 Å². The Hall–Kier alpha value is -1.13. The highest BCUT2D eigenvalue weighted by atomic mass is 35.5. The molecule has 3 nitrogen and oxygen atoms in total. The SMILES string of the molecule is C[C@@H]1CNCCN1C(=O)[C@H]1C[C@@H]1c1c(F)cccc1Cl. The average molecular weight is 297 g/mol. The highest BCUT2D eigenvalue weighted by Gasteiger charge is 2.48. The van der Waals surface area contributed by atoms with Gasteiger partial charge in [-0.3, -0.25) is 4.79 Å². The van der Waals surface area contributed by atoms with E-state index in [1.54, 1.807) is 12.1 Å². The molecule has 1 amide bonds. The summed E-state index contributed by atoms with van der Waals surface area (Å²) in [6.45, 7) is 4.42. The number of hydrogen-bond donors (Lipinski definition) is 1. The zero-order chi connectivity index (χ0) is 14.3. The summed E-state index contributed by atoms with van der Waals surface area (Å²) in [4.78, 5) is 14.4. The lowest BCUT2D eigenvalue weighted by molar-refractivity contribution is -0.135. The highest BCUT2D eigenvalue weighted by Crippen LogP contribution is 2.51. The molecule has 0 spiro atoms. The maximum Gasteiger partial charge on any atom is 0.226 e. The van der Waals surface area contributed by atoms with Gasteiger partial charge in [-0.2, -0.15) is 0 Å². The van der Waals surface area contributed by atoms with Gasteiger partial charge in [-0.15, -0.1) is 0 Å². The highest BCUT2D eigenvalue weighted by molar-refractivity contribution is 6.31. The van der Waals surface area contributed by atoms with Crippen molar-refractivity contribution < 1.29 is 9.18 Å². The van der Waals surface area contributed by atoms with Gasteiger partial charge in [0.1, 0.15) is 5.82 Å². The molecule has 1 saturated carbocycles. The Kier molecular flexibility index (Phi) is 3.69. The molecule has 2 aliphatic rings. The van der Waals surface area contributed by atoms with Gasteiger partial charge in [0, 0.05) is 48.1 Å². The Balaban J connectivity index is 1.74. The molecule has 108 valence electrons. The zero-order valence-electron chi connectivity index (χ0n) is 11.4. The van der Waals surface area contributed by atoms with Crippen LogP contribution >= 0.6 is 11.6 Å². The standard InChI is InChI=1S/C15H18ClFN2O/c1-9-8-18-5-6-19(9)15(20)11-7-10(11)14-12(16)3-2-4-13(14)17/h2-4,9-11,18H,5-8H2,1H3/t9-,10+,11+/m1/s1. The van der Waals surface area contributed by atoms with Crippen LogP contribution in [0.15, 0.2) is 18.2 Å². The van der Waals surface area contributed by atoms with Gasteiger partial charge in [-0.05, 0) is 25.5 Å². The fraction of sp³-hybridized carbons (Fsp3) is 0.533. The van der Waals surface area contributed by atoms with Crippen LogP contribution in [0.4, 0.5) is 4.39 Å². The van der Waals surface area contributed by atoms with E-state index in [-0.39, 0.29) is 29.6 Å². The van der Waals surface area contributed by atoms with Crippen molar-refractivity contribution in [3.05, 3.63) is 34.6 Å². The average Bonchev–Trinajstić information content (AvgIpc) is 3.18. The van der Waals surface area contributed by atoms with Crippen molar-refractivity contribution in [3.8, 4) is 0 Å². The number of carbonyl (C=O) groups is 1. The first kappa shape index (κ1) is 13.8. The summed E-state index contributed by atoms with van der Waals surface area (Å²) < 4.78 is 13.9. The van der Waals surface area contributed by atoms with Crippen molar-refractivity contribution in [2.45, 2.75) is 25.3 Å². The maximum absolute atomic E-state index is 13.9. The Morgan fingerprint density at radius 3 is 3.00 bits per heavy atom. The van der Waals surface area contributed by atoms with Crippen LogP contribution in [0.5, 0.6) is 0 Å². The third kappa shape index (κ3) is 2.42. The van der Waals surface area contributed by atoms with Gasteiger partial charge < -0.3 is 10.2 Å². The Labute approximate surface area is 123 Å². The Morgan fingerprint density at radius 2 is 2.30 bits per heavy atom. The third-order valence-corrected chi connectivity index (χ3v) is 4.59. The fourth-order valence-electron chi connectivity index (χ4n) is 3.03. The monoisotopic (exact) mass is 296 g/mol.